The van der Waals surface area contributed by atoms with E-state index in [9.17, 15) is 9.90 Å². The van der Waals surface area contributed by atoms with Crippen molar-refractivity contribution in [3.05, 3.63) is 34.3 Å². The molecule has 1 unspecified atom stereocenters. The van der Waals surface area contributed by atoms with Crippen LogP contribution in [0.3, 0.4) is 0 Å². The Morgan fingerprint density at radius 2 is 1.95 bits per heavy atom. The highest BCUT2D eigenvalue weighted by atomic mass is 79.9. The molecule has 3 N–H and O–H groups in total. The van der Waals surface area contributed by atoms with Crippen molar-refractivity contribution in [2.45, 2.75) is 26.4 Å². The molecule has 0 saturated heterocycles. The summed E-state index contributed by atoms with van der Waals surface area (Å²) in [6.07, 6.45) is -0.726. The maximum atomic E-state index is 10.7. The quantitative estimate of drug-likeness (QED) is 0.841. The van der Waals surface area contributed by atoms with E-state index in [0.717, 1.165) is 16.5 Å². The van der Waals surface area contributed by atoms with E-state index in [0.29, 0.717) is 5.92 Å². The molecule has 4 nitrogen and oxygen atoms in total. The number of carbonyl (C=O) groups is 1. The minimum Gasteiger partial charge on any atom is -0.449 e. The van der Waals surface area contributed by atoms with Crippen LogP contribution >= 0.6 is 15.9 Å². The van der Waals surface area contributed by atoms with Crippen molar-refractivity contribution in [3.63, 3.8) is 0 Å². The summed E-state index contributed by atoms with van der Waals surface area (Å²) in [5, 5.41) is 10.4. The van der Waals surface area contributed by atoms with E-state index in [-0.39, 0.29) is 12.5 Å². The number of rotatable bonds is 6. The Balaban J connectivity index is 2.77. The third-order valence-electron chi connectivity index (χ3n) is 2.87. The molecule has 19 heavy (non-hydrogen) atoms. The number of primary amides is 1. The van der Waals surface area contributed by atoms with Gasteiger partial charge in [-0.1, -0.05) is 41.9 Å². The Morgan fingerprint density at radius 1 is 1.37 bits per heavy atom. The third kappa shape index (κ3) is 5.61. The standard InChI is InChI=1S/C14H20BrNO3/c1-9(2)7-11(8-19-14(16)18)13(17)10-3-5-12(15)6-4-10/h3-6,9,11,13,17H,7-8H2,1-2H3,(H2,16,18)/t11-,13?/m0/s1. The summed E-state index contributed by atoms with van der Waals surface area (Å²) in [5.74, 6) is 0.236. The number of aliphatic hydroxyl groups is 1. The van der Waals surface area contributed by atoms with Crippen LogP contribution in [0.1, 0.15) is 31.9 Å². The molecule has 0 aliphatic heterocycles. The molecule has 0 aliphatic rings. The van der Waals surface area contributed by atoms with Crippen LogP contribution in [-0.2, 0) is 4.74 Å². The summed E-state index contributed by atoms with van der Waals surface area (Å²) in [4.78, 5) is 10.7. The number of carbonyl (C=O) groups excluding carboxylic acids is 1. The van der Waals surface area contributed by atoms with Gasteiger partial charge < -0.3 is 15.6 Å². The molecule has 5 heteroatoms. The number of hydrogen-bond acceptors (Lipinski definition) is 3. The first-order chi connectivity index (χ1) is 8.90. The van der Waals surface area contributed by atoms with Crippen LogP contribution in [-0.4, -0.2) is 17.8 Å². The SMILES string of the molecule is CC(C)C[C@@H](COC(N)=O)C(O)c1ccc(Br)cc1. The molecule has 2 atom stereocenters. The van der Waals surface area contributed by atoms with Crippen LogP contribution in [0, 0.1) is 11.8 Å². The molecular weight excluding hydrogens is 310 g/mol. The summed E-state index contributed by atoms with van der Waals surface area (Å²) in [6, 6.07) is 7.46. The van der Waals surface area contributed by atoms with Gasteiger partial charge in [0.05, 0.1) is 12.7 Å². The molecule has 0 spiro atoms. The fourth-order valence-corrected chi connectivity index (χ4v) is 2.28. The van der Waals surface area contributed by atoms with Crippen LogP contribution in [0.25, 0.3) is 0 Å². The minimum absolute atomic E-state index is 0.130. The lowest BCUT2D eigenvalue weighted by Crippen LogP contribution is -2.24. The summed E-state index contributed by atoms with van der Waals surface area (Å²) in [7, 11) is 0. The van der Waals surface area contributed by atoms with E-state index in [1.807, 2.05) is 24.3 Å². The molecular formula is C14H20BrNO3. The molecule has 1 amide bonds. The number of ether oxygens (including phenoxy) is 1. The number of halogens is 1. The zero-order valence-corrected chi connectivity index (χ0v) is 12.8. The lowest BCUT2D eigenvalue weighted by molar-refractivity contribution is 0.0448. The second-order valence-electron chi connectivity index (χ2n) is 5.02. The summed E-state index contributed by atoms with van der Waals surface area (Å²) in [6.45, 7) is 4.25. The number of nitrogens with two attached hydrogens (primary N) is 1. The van der Waals surface area contributed by atoms with Gasteiger partial charge in [0.1, 0.15) is 0 Å². The van der Waals surface area contributed by atoms with E-state index in [1.54, 1.807) is 0 Å². The first kappa shape index (κ1) is 16.0. The average Bonchev–Trinajstić information content (AvgIpc) is 2.34. The van der Waals surface area contributed by atoms with Gasteiger partial charge in [-0.05, 0) is 30.0 Å². The molecule has 1 rings (SSSR count). The van der Waals surface area contributed by atoms with Crippen LogP contribution in [0.4, 0.5) is 4.79 Å². The van der Waals surface area contributed by atoms with Crippen molar-refractivity contribution in [3.8, 4) is 0 Å². The normalized spacial score (nSPS) is 14.2. The topological polar surface area (TPSA) is 72.5 Å². The van der Waals surface area contributed by atoms with Gasteiger partial charge in [-0.15, -0.1) is 0 Å². The van der Waals surface area contributed by atoms with Gasteiger partial charge >= 0.3 is 6.09 Å². The molecule has 0 saturated carbocycles. The fourth-order valence-electron chi connectivity index (χ4n) is 2.01. The van der Waals surface area contributed by atoms with Crippen molar-refractivity contribution in [2.24, 2.45) is 17.6 Å². The predicted molar refractivity (Wildman–Crippen MR) is 77.6 cm³/mol. The largest absolute Gasteiger partial charge is 0.449 e. The highest BCUT2D eigenvalue weighted by molar-refractivity contribution is 9.10. The molecule has 106 valence electrons. The smallest absolute Gasteiger partial charge is 0.404 e. The number of hydrogen-bond donors (Lipinski definition) is 2. The Hall–Kier alpha value is -1.07. The lowest BCUT2D eigenvalue weighted by atomic mass is 9.89. The maximum absolute atomic E-state index is 10.7. The lowest BCUT2D eigenvalue weighted by Gasteiger charge is -2.24. The highest BCUT2D eigenvalue weighted by Gasteiger charge is 2.23. The number of aliphatic hydroxyl groups excluding tert-OH is 1. The molecule has 1 aromatic carbocycles. The summed E-state index contributed by atoms with van der Waals surface area (Å²) in [5.41, 5.74) is 5.79. The Labute approximate surface area is 122 Å². The number of amides is 1. The zero-order chi connectivity index (χ0) is 14.4. The van der Waals surface area contributed by atoms with Gasteiger partial charge in [-0.2, -0.15) is 0 Å². The van der Waals surface area contributed by atoms with E-state index in [1.165, 1.54) is 0 Å². The Kier molecular flexibility index (Phi) is 6.31. The van der Waals surface area contributed by atoms with Crippen molar-refractivity contribution < 1.29 is 14.6 Å². The molecule has 0 fully saturated rings. The van der Waals surface area contributed by atoms with Crippen LogP contribution in [0.5, 0.6) is 0 Å². The van der Waals surface area contributed by atoms with Crippen LogP contribution in [0.2, 0.25) is 0 Å². The second-order valence-corrected chi connectivity index (χ2v) is 5.93. The Morgan fingerprint density at radius 3 is 2.42 bits per heavy atom. The summed E-state index contributed by atoms with van der Waals surface area (Å²) < 4.78 is 5.80. The predicted octanol–water partition coefficient (Wildman–Crippen LogP) is 3.24. The van der Waals surface area contributed by atoms with E-state index < -0.39 is 12.2 Å². The molecule has 0 bridgehead atoms. The van der Waals surface area contributed by atoms with Crippen molar-refractivity contribution in [2.75, 3.05) is 6.61 Å². The fraction of sp³-hybridized carbons (Fsp3) is 0.500. The maximum Gasteiger partial charge on any atom is 0.404 e. The van der Waals surface area contributed by atoms with Gasteiger partial charge in [0.2, 0.25) is 0 Å². The highest BCUT2D eigenvalue weighted by Crippen LogP contribution is 2.28. The average molecular weight is 330 g/mol. The molecule has 0 aromatic heterocycles. The first-order valence-electron chi connectivity index (χ1n) is 6.26. The monoisotopic (exact) mass is 329 g/mol. The van der Waals surface area contributed by atoms with Crippen LogP contribution < -0.4 is 5.73 Å². The third-order valence-corrected chi connectivity index (χ3v) is 3.40. The van der Waals surface area contributed by atoms with Crippen LogP contribution in [0.15, 0.2) is 28.7 Å². The molecule has 0 aliphatic carbocycles. The molecule has 1 aromatic rings. The second kappa shape index (κ2) is 7.50. The first-order valence-corrected chi connectivity index (χ1v) is 7.05. The van der Waals surface area contributed by atoms with E-state index >= 15 is 0 Å². The van der Waals surface area contributed by atoms with Gasteiger partial charge in [0.25, 0.3) is 0 Å². The van der Waals surface area contributed by atoms with Crippen molar-refractivity contribution in [1.29, 1.82) is 0 Å². The number of benzene rings is 1. The van der Waals surface area contributed by atoms with E-state index in [4.69, 9.17) is 10.5 Å². The zero-order valence-electron chi connectivity index (χ0n) is 11.2. The van der Waals surface area contributed by atoms with Gasteiger partial charge in [0.15, 0.2) is 0 Å². The van der Waals surface area contributed by atoms with Gasteiger partial charge in [-0.25, -0.2) is 4.79 Å². The van der Waals surface area contributed by atoms with Gasteiger partial charge in [0, 0.05) is 10.4 Å². The Bertz CT molecular complexity index is 406. The van der Waals surface area contributed by atoms with E-state index in [2.05, 4.69) is 29.8 Å². The van der Waals surface area contributed by atoms with Crippen molar-refractivity contribution >= 4 is 22.0 Å². The van der Waals surface area contributed by atoms with Gasteiger partial charge in [-0.3, -0.25) is 0 Å². The molecule has 0 heterocycles. The molecule has 0 radical (unpaired) electrons. The summed E-state index contributed by atoms with van der Waals surface area (Å²) >= 11 is 3.35. The minimum atomic E-state index is -0.809. The van der Waals surface area contributed by atoms with Crippen molar-refractivity contribution in [1.82, 2.24) is 0 Å².